The van der Waals surface area contributed by atoms with Gasteiger partial charge in [-0.1, -0.05) is 12.8 Å². The summed E-state index contributed by atoms with van der Waals surface area (Å²) in [6, 6.07) is 4.08. The SMILES string of the molecule is Nc1nc(F)nc2c1nc(Cc1cc3c(cc1I)CCC3=O)n2CCNCCC1CC1. The number of anilines is 1. The third-order valence-electron chi connectivity index (χ3n) is 6.15. The number of hydrogen-bond acceptors (Lipinski definition) is 6. The highest BCUT2D eigenvalue weighted by Gasteiger charge is 2.23. The lowest BCUT2D eigenvalue weighted by molar-refractivity contribution is 0.0994. The van der Waals surface area contributed by atoms with Gasteiger partial charge < -0.3 is 15.6 Å². The molecule has 0 amide bonds. The first-order chi connectivity index (χ1) is 15.0. The van der Waals surface area contributed by atoms with Crippen LogP contribution in [0.3, 0.4) is 0 Å². The number of nitrogens with two attached hydrogens (primary N) is 1. The van der Waals surface area contributed by atoms with Crippen molar-refractivity contribution in [3.05, 3.63) is 44.3 Å². The monoisotopic (exact) mass is 534 g/mol. The Balaban J connectivity index is 1.45. The number of imidazole rings is 1. The number of carbonyl (C=O) groups is 1. The second kappa shape index (κ2) is 8.42. The van der Waals surface area contributed by atoms with Crippen molar-refractivity contribution in [1.82, 2.24) is 24.8 Å². The van der Waals surface area contributed by atoms with Gasteiger partial charge in [-0.15, -0.1) is 0 Å². The van der Waals surface area contributed by atoms with Gasteiger partial charge in [-0.3, -0.25) is 4.79 Å². The molecule has 0 saturated heterocycles. The zero-order valence-corrected chi connectivity index (χ0v) is 19.3. The molecule has 0 unspecified atom stereocenters. The second-order valence-electron chi connectivity index (χ2n) is 8.41. The van der Waals surface area contributed by atoms with E-state index in [-0.39, 0.29) is 11.6 Å². The number of aryl methyl sites for hydroxylation is 1. The minimum absolute atomic E-state index is 0.0445. The molecular weight excluding hydrogens is 510 g/mol. The molecule has 9 heteroatoms. The molecule has 7 nitrogen and oxygen atoms in total. The molecule has 2 heterocycles. The number of benzene rings is 1. The Bertz CT molecular complexity index is 1170. The van der Waals surface area contributed by atoms with E-state index in [9.17, 15) is 9.18 Å². The van der Waals surface area contributed by atoms with Crippen molar-refractivity contribution in [3.63, 3.8) is 0 Å². The Morgan fingerprint density at radius 1 is 1.19 bits per heavy atom. The number of rotatable bonds is 8. The highest BCUT2D eigenvalue weighted by Crippen LogP contribution is 2.32. The first-order valence-electron chi connectivity index (χ1n) is 10.7. The van der Waals surface area contributed by atoms with Gasteiger partial charge in [-0.2, -0.15) is 14.4 Å². The lowest BCUT2D eigenvalue weighted by Crippen LogP contribution is -2.22. The predicted octanol–water partition coefficient (Wildman–Crippen LogP) is 3.26. The van der Waals surface area contributed by atoms with Gasteiger partial charge in [-0.25, -0.2) is 4.98 Å². The van der Waals surface area contributed by atoms with Crippen LogP contribution in [0.15, 0.2) is 12.1 Å². The molecule has 2 aromatic heterocycles. The minimum atomic E-state index is -0.850. The van der Waals surface area contributed by atoms with E-state index in [4.69, 9.17) is 5.73 Å². The molecule has 5 rings (SSSR count). The van der Waals surface area contributed by atoms with Gasteiger partial charge in [0.25, 0.3) is 0 Å². The van der Waals surface area contributed by atoms with E-state index in [1.54, 1.807) is 0 Å². The largest absolute Gasteiger partial charge is 0.382 e. The molecule has 0 bridgehead atoms. The molecule has 3 N–H and O–H groups in total. The predicted molar refractivity (Wildman–Crippen MR) is 125 cm³/mol. The van der Waals surface area contributed by atoms with Gasteiger partial charge >= 0.3 is 6.08 Å². The molecule has 2 aliphatic carbocycles. The van der Waals surface area contributed by atoms with Gasteiger partial charge in [0.2, 0.25) is 0 Å². The fourth-order valence-corrected chi connectivity index (χ4v) is 4.97. The van der Waals surface area contributed by atoms with Crippen molar-refractivity contribution >= 4 is 45.4 Å². The average Bonchev–Trinajstić information content (AvgIpc) is 3.40. The number of halogens is 2. The maximum atomic E-state index is 13.9. The molecule has 1 fully saturated rings. The molecule has 0 radical (unpaired) electrons. The number of carbonyl (C=O) groups excluding carboxylic acids is 1. The molecule has 1 saturated carbocycles. The van der Waals surface area contributed by atoms with Gasteiger partial charge in [0, 0.05) is 35.1 Å². The van der Waals surface area contributed by atoms with Crippen LogP contribution in [-0.4, -0.2) is 38.4 Å². The summed E-state index contributed by atoms with van der Waals surface area (Å²) in [4.78, 5) is 24.5. The lowest BCUT2D eigenvalue weighted by Gasteiger charge is -2.12. The summed E-state index contributed by atoms with van der Waals surface area (Å²) in [5, 5.41) is 3.47. The summed E-state index contributed by atoms with van der Waals surface area (Å²) >= 11 is 2.31. The number of ketones is 1. The van der Waals surface area contributed by atoms with Gasteiger partial charge in [-0.05, 0) is 71.2 Å². The molecular formula is C22H24FIN6O. The lowest BCUT2D eigenvalue weighted by atomic mass is 10.0. The van der Waals surface area contributed by atoms with Crippen LogP contribution in [0.4, 0.5) is 10.2 Å². The van der Waals surface area contributed by atoms with E-state index in [1.165, 1.54) is 19.3 Å². The molecule has 162 valence electrons. The van der Waals surface area contributed by atoms with Gasteiger partial charge in [0.15, 0.2) is 22.8 Å². The number of Topliss-reactive ketones (excluding diaryl/α,β-unsaturated/α-hetero) is 1. The summed E-state index contributed by atoms with van der Waals surface area (Å²) in [7, 11) is 0. The van der Waals surface area contributed by atoms with E-state index in [1.807, 2.05) is 10.6 Å². The van der Waals surface area contributed by atoms with Gasteiger partial charge in [0.1, 0.15) is 5.82 Å². The van der Waals surface area contributed by atoms with Crippen LogP contribution in [-0.2, 0) is 19.4 Å². The molecule has 0 atom stereocenters. The highest BCUT2D eigenvalue weighted by atomic mass is 127. The van der Waals surface area contributed by atoms with Crippen molar-refractivity contribution in [2.24, 2.45) is 5.92 Å². The highest BCUT2D eigenvalue weighted by molar-refractivity contribution is 14.1. The van der Waals surface area contributed by atoms with Crippen LogP contribution in [0.5, 0.6) is 0 Å². The van der Waals surface area contributed by atoms with Crippen molar-refractivity contribution < 1.29 is 9.18 Å². The standard InChI is InChI=1S/C22H24FIN6O/c23-22-28-20(25)19-21(29-22)30(8-7-26-6-5-12-1-2-12)18(27-19)11-14-9-15-13(10-16(14)24)3-4-17(15)31/h9-10,12,26H,1-8,11H2,(H2,25,28,29). The Morgan fingerprint density at radius 3 is 2.84 bits per heavy atom. The van der Waals surface area contributed by atoms with E-state index in [2.05, 4.69) is 48.9 Å². The normalized spacial score (nSPS) is 15.7. The minimum Gasteiger partial charge on any atom is -0.382 e. The van der Waals surface area contributed by atoms with Crippen LogP contribution in [0.25, 0.3) is 11.2 Å². The zero-order valence-electron chi connectivity index (χ0n) is 17.1. The summed E-state index contributed by atoms with van der Waals surface area (Å²) < 4.78 is 16.9. The number of hydrogen-bond donors (Lipinski definition) is 2. The number of aromatic nitrogens is 4. The third kappa shape index (κ3) is 4.30. The third-order valence-corrected chi connectivity index (χ3v) is 7.16. The molecule has 2 aliphatic rings. The fraction of sp³-hybridized carbons (Fsp3) is 0.455. The van der Waals surface area contributed by atoms with Crippen LogP contribution in [0, 0.1) is 15.6 Å². The van der Waals surface area contributed by atoms with Crippen molar-refractivity contribution in [1.29, 1.82) is 0 Å². The molecule has 3 aromatic rings. The zero-order chi connectivity index (χ0) is 21.5. The molecule has 0 aliphatic heterocycles. The first-order valence-corrected chi connectivity index (χ1v) is 11.8. The number of nitrogen functional groups attached to an aromatic ring is 1. The van der Waals surface area contributed by atoms with Crippen LogP contribution < -0.4 is 11.1 Å². The fourth-order valence-electron chi connectivity index (χ4n) is 4.25. The summed E-state index contributed by atoms with van der Waals surface area (Å²) in [5.41, 5.74) is 9.73. The quantitative estimate of drug-likeness (QED) is 0.262. The van der Waals surface area contributed by atoms with Crippen LogP contribution in [0.1, 0.15) is 53.0 Å². The summed E-state index contributed by atoms with van der Waals surface area (Å²) in [6.45, 7) is 2.31. The number of nitrogens with zero attached hydrogens (tertiary/aromatic N) is 4. The number of fused-ring (bicyclic) bond motifs is 2. The van der Waals surface area contributed by atoms with Crippen LogP contribution >= 0.6 is 22.6 Å². The molecule has 1 aromatic carbocycles. The molecule has 31 heavy (non-hydrogen) atoms. The first kappa shape index (κ1) is 20.7. The van der Waals surface area contributed by atoms with E-state index < -0.39 is 6.08 Å². The van der Waals surface area contributed by atoms with E-state index in [0.717, 1.165) is 51.5 Å². The second-order valence-corrected chi connectivity index (χ2v) is 9.57. The topological polar surface area (TPSA) is 98.7 Å². The smallest absolute Gasteiger partial charge is 0.312 e. The van der Waals surface area contributed by atoms with E-state index in [0.29, 0.717) is 30.6 Å². The maximum Gasteiger partial charge on any atom is 0.312 e. The van der Waals surface area contributed by atoms with Crippen molar-refractivity contribution in [2.45, 2.75) is 45.1 Å². The maximum absolute atomic E-state index is 13.9. The van der Waals surface area contributed by atoms with E-state index >= 15 is 0 Å². The summed E-state index contributed by atoms with van der Waals surface area (Å²) in [5.74, 6) is 1.86. The van der Waals surface area contributed by atoms with Crippen LogP contribution in [0.2, 0.25) is 0 Å². The van der Waals surface area contributed by atoms with Gasteiger partial charge in [0.05, 0.1) is 0 Å². The summed E-state index contributed by atoms with van der Waals surface area (Å²) in [6.07, 6.45) is 4.93. The van der Waals surface area contributed by atoms with Crippen molar-refractivity contribution in [2.75, 3.05) is 18.8 Å². The Kier molecular flexibility index (Phi) is 5.63. The average molecular weight is 534 g/mol. The number of nitrogens with one attached hydrogen (secondary N) is 1. The Hall–Kier alpha value is -2.14. The van der Waals surface area contributed by atoms with Crippen molar-refractivity contribution in [3.8, 4) is 0 Å². The Labute approximate surface area is 193 Å². The molecule has 0 spiro atoms. The Morgan fingerprint density at radius 2 is 2.03 bits per heavy atom.